The molecule has 108 valence electrons. The quantitative estimate of drug-likeness (QED) is 0.577. The Balaban J connectivity index is 2.46. The number of pyridine rings is 1. The van der Waals surface area contributed by atoms with Crippen LogP contribution in [0.25, 0.3) is 0 Å². The summed E-state index contributed by atoms with van der Waals surface area (Å²) in [5.74, 6) is -1.32. The SMILES string of the molecule is O=C(O)c1cnc(Nc2cc(Br)ccc2Br)c([N+](=O)[O-])c1. The molecule has 0 atom stereocenters. The van der Waals surface area contributed by atoms with Crippen molar-refractivity contribution in [1.82, 2.24) is 4.98 Å². The van der Waals surface area contributed by atoms with Crippen LogP contribution in [0.4, 0.5) is 17.2 Å². The molecule has 0 radical (unpaired) electrons. The number of aromatic nitrogens is 1. The van der Waals surface area contributed by atoms with Gasteiger partial charge >= 0.3 is 11.7 Å². The van der Waals surface area contributed by atoms with Crippen LogP contribution in [0.3, 0.4) is 0 Å². The van der Waals surface area contributed by atoms with E-state index >= 15 is 0 Å². The molecule has 7 nitrogen and oxygen atoms in total. The predicted molar refractivity (Wildman–Crippen MR) is 83.0 cm³/mol. The minimum Gasteiger partial charge on any atom is -0.478 e. The molecule has 21 heavy (non-hydrogen) atoms. The number of rotatable bonds is 4. The van der Waals surface area contributed by atoms with Crippen LogP contribution in [0, 0.1) is 10.1 Å². The first-order chi connectivity index (χ1) is 9.88. The molecule has 0 saturated heterocycles. The number of nitrogens with one attached hydrogen (secondary N) is 1. The Labute approximate surface area is 135 Å². The van der Waals surface area contributed by atoms with Crippen LogP contribution < -0.4 is 5.32 Å². The summed E-state index contributed by atoms with van der Waals surface area (Å²) in [6, 6.07) is 6.22. The molecule has 2 N–H and O–H groups in total. The molecule has 0 fully saturated rings. The summed E-state index contributed by atoms with van der Waals surface area (Å²) < 4.78 is 1.46. The summed E-state index contributed by atoms with van der Waals surface area (Å²) >= 11 is 6.61. The Hall–Kier alpha value is -2.00. The molecule has 0 amide bonds. The maximum atomic E-state index is 11.1. The Morgan fingerprint density at radius 3 is 2.67 bits per heavy atom. The van der Waals surface area contributed by atoms with Crippen molar-refractivity contribution < 1.29 is 14.8 Å². The van der Waals surface area contributed by atoms with Gasteiger partial charge in [0.25, 0.3) is 0 Å². The third kappa shape index (κ3) is 3.56. The van der Waals surface area contributed by atoms with Crippen LogP contribution in [0.15, 0.2) is 39.4 Å². The molecule has 9 heteroatoms. The lowest BCUT2D eigenvalue weighted by Gasteiger charge is -2.09. The first kappa shape index (κ1) is 15.4. The van der Waals surface area contributed by atoms with Crippen molar-refractivity contribution in [3.63, 3.8) is 0 Å². The topological polar surface area (TPSA) is 105 Å². The number of nitrogens with zero attached hydrogens (tertiary/aromatic N) is 2. The second-order valence-electron chi connectivity index (χ2n) is 3.90. The average Bonchev–Trinajstić information content (AvgIpc) is 2.42. The van der Waals surface area contributed by atoms with Gasteiger partial charge in [-0.25, -0.2) is 9.78 Å². The molecule has 0 aliphatic heterocycles. The maximum Gasteiger partial charge on any atom is 0.337 e. The van der Waals surface area contributed by atoms with Gasteiger partial charge in [0.15, 0.2) is 0 Å². The average molecular weight is 417 g/mol. The molecule has 0 unspecified atom stereocenters. The van der Waals surface area contributed by atoms with Crippen LogP contribution in [0.5, 0.6) is 0 Å². The normalized spacial score (nSPS) is 10.2. The first-order valence-electron chi connectivity index (χ1n) is 5.48. The highest BCUT2D eigenvalue weighted by molar-refractivity contribution is 9.11. The molecule has 2 rings (SSSR count). The van der Waals surface area contributed by atoms with Gasteiger partial charge in [0.1, 0.15) is 0 Å². The number of carboxylic acids is 1. The number of anilines is 2. The van der Waals surface area contributed by atoms with E-state index in [2.05, 4.69) is 42.2 Å². The highest BCUT2D eigenvalue weighted by atomic mass is 79.9. The van der Waals surface area contributed by atoms with E-state index in [0.29, 0.717) is 10.2 Å². The zero-order chi connectivity index (χ0) is 15.6. The van der Waals surface area contributed by atoms with Gasteiger partial charge in [0.05, 0.1) is 16.2 Å². The van der Waals surface area contributed by atoms with E-state index in [1.165, 1.54) is 0 Å². The van der Waals surface area contributed by atoms with Crippen molar-refractivity contribution in [3.05, 3.63) is 55.1 Å². The van der Waals surface area contributed by atoms with Gasteiger partial charge in [0.2, 0.25) is 5.82 Å². The fourth-order valence-electron chi connectivity index (χ4n) is 1.53. The number of hydrogen-bond donors (Lipinski definition) is 2. The third-order valence-electron chi connectivity index (χ3n) is 2.49. The second kappa shape index (κ2) is 6.19. The first-order valence-corrected chi connectivity index (χ1v) is 7.07. The van der Waals surface area contributed by atoms with Gasteiger partial charge in [-0.05, 0) is 34.1 Å². The van der Waals surface area contributed by atoms with Crippen LogP contribution in [-0.2, 0) is 0 Å². The minimum atomic E-state index is -1.28. The molecule has 0 spiro atoms. The summed E-state index contributed by atoms with van der Waals surface area (Å²) in [5, 5.41) is 22.7. The van der Waals surface area contributed by atoms with E-state index in [4.69, 9.17) is 5.11 Å². The summed E-state index contributed by atoms with van der Waals surface area (Å²) in [4.78, 5) is 25.0. The number of carboxylic acid groups (broad SMARTS) is 1. The van der Waals surface area contributed by atoms with E-state index in [9.17, 15) is 14.9 Å². The summed E-state index contributed by atoms with van der Waals surface area (Å²) in [7, 11) is 0. The van der Waals surface area contributed by atoms with Gasteiger partial charge < -0.3 is 10.4 Å². The molecule has 2 aromatic rings. The van der Waals surface area contributed by atoms with Gasteiger partial charge in [-0.2, -0.15) is 0 Å². The van der Waals surface area contributed by atoms with Gasteiger partial charge in [0, 0.05) is 21.2 Å². The summed E-state index contributed by atoms with van der Waals surface area (Å²) in [5.41, 5.74) is -0.106. The molecule has 1 aromatic heterocycles. The molecule has 0 bridgehead atoms. The van der Waals surface area contributed by atoms with Crippen LogP contribution in [0.1, 0.15) is 10.4 Å². The predicted octanol–water partition coefficient (Wildman–Crippen LogP) is 3.96. The van der Waals surface area contributed by atoms with E-state index < -0.39 is 16.6 Å². The smallest absolute Gasteiger partial charge is 0.337 e. The monoisotopic (exact) mass is 415 g/mol. The number of benzene rings is 1. The largest absolute Gasteiger partial charge is 0.478 e. The molecular formula is C12H7Br2N3O4. The van der Waals surface area contributed by atoms with E-state index in [1.807, 2.05) is 0 Å². The Morgan fingerprint density at radius 2 is 2.05 bits per heavy atom. The number of hydrogen-bond acceptors (Lipinski definition) is 5. The van der Waals surface area contributed by atoms with Crippen LogP contribution in [0.2, 0.25) is 0 Å². The lowest BCUT2D eigenvalue weighted by molar-refractivity contribution is -0.384. The zero-order valence-electron chi connectivity index (χ0n) is 10.2. The number of aromatic carboxylic acids is 1. The van der Waals surface area contributed by atoms with E-state index in [1.54, 1.807) is 18.2 Å². The number of halogens is 2. The van der Waals surface area contributed by atoms with Crippen molar-refractivity contribution in [2.24, 2.45) is 0 Å². The van der Waals surface area contributed by atoms with Crippen LogP contribution in [-0.4, -0.2) is 21.0 Å². The lowest BCUT2D eigenvalue weighted by Crippen LogP contribution is -2.04. The Morgan fingerprint density at radius 1 is 1.33 bits per heavy atom. The van der Waals surface area contributed by atoms with E-state index in [-0.39, 0.29) is 11.4 Å². The second-order valence-corrected chi connectivity index (χ2v) is 5.67. The fraction of sp³-hybridized carbons (Fsp3) is 0. The minimum absolute atomic E-state index is 0.0381. The van der Waals surface area contributed by atoms with Crippen LogP contribution >= 0.6 is 31.9 Å². The van der Waals surface area contributed by atoms with Crippen molar-refractivity contribution in [2.45, 2.75) is 0 Å². The zero-order valence-corrected chi connectivity index (χ0v) is 13.4. The Bertz CT molecular complexity index is 736. The van der Waals surface area contributed by atoms with Crippen molar-refractivity contribution >= 4 is 55.0 Å². The molecule has 1 heterocycles. The molecule has 0 aliphatic rings. The summed E-state index contributed by atoms with van der Waals surface area (Å²) in [6.07, 6.45) is 1.06. The summed E-state index contributed by atoms with van der Waals surface area (Å²) in [6.45, 7) is 0. The molecule has 0 aliphatic carbocycles. The maximum absolute atomic E-state index is 11.1. The highest BCUT2D eigenvalue weighted by Crippen LogP contribution is 2.32. The standard InChI is InChI=1S/C12H7Br2N3O4/c13-7-1-2-8(14)9(4-7)16-11-10(17(20)21)3-6(5-15-11)12(18)19/h1-5H,(H,15,16)(H,18,19). The molecule has 1 aromatic carbocycles. The van der Waals surface area contributed by atoms with Crippen molar-refractivity contribution in [2.75, 3.05) is 5.32 Å². The highest BCUT2D eigenvalue weighted by Gasteiger charge is 2.19. The van der Waals surface area contributed by atoms with Gasteiger partial charge in [-0.3, -0.25) is 10.1 Å². The lowest BCUT2D eigenvalue weighted by atomic mass is 10.2. The third-order valence-corrected chi connectivity index (χ3v) is 3.68. The fourth-order valence-corrected chi connectivity index (χ4v) is 2.23. The van der Waals surface area contributed by atoms with Crippen molar-refractivity contribution in [1.29, 1.82) is 0 Å². The van der Waals surface area contributed by atoms with Gasteiger partial charge in [-0.15, -0.1) is 0 Å². The van der Waals surface area contributed by atoms with E-state index in [0.717, 1.165) is 16.7 Å². The van der Waals surface area contributed by atoms with Crippen molar-refractivity contribution in [3.8, 4) is 0 Å². The number of nitro groups is 1. The molecular weight excluding hydrogens is 410 g/mol. The molecule has 0 saturated carbocycles. The van der Waals surface area contributed by atoms with Gasteiger partial charge in [-0.1, -0.05) is 15.9 Å². The Kier molecular flexibility index (Phi) is 4.53. The number of carbonyl (C=O) groups is 1.